The number of alkyl halides is 5. The Bertz CT molecular complexity index is 1000. The highest BCUT2D eigenvalue weighted by atomic mass is 19.4. The van der Waals surface area contributed by atoms with Gasteiger partial charge < -0.3 is 19.2 Å². The molecule has 0 bridgehead atoms. The van der Waals surface area contributed by atoms with E-state index in [2.05, 4.69) is 20.8 Å². The lowest BCUT2D eigenvalue weighted by molar-refractivity contribution is -0.0987. The minimum atomic E-state index is -4.19. The zero-order valence-corrected chi connectivity index (χ0v) is 25.9. The van der Waals surface area contributed by atoms with Crippen LogP contribution >= 0.6 is 0 Å². The summed E-state index contributed by atoms with van der Waals surface area (Å²) in [5.74, 6) is -2.00. The lowest BCUT2D eigenvalue weighted by Crippen LogP contribution is -2.35. The molecule has 4 nitrogen and oxygen atoms in total. The number of halogens is 6. The lowest BCUT2D eigenvalue weighted by atomic mass is 9.60. The Morgan fingerprint density at radius 1 is 0.841 bits per heavy atom. The van der Waals surface area contributed by atoms with E-state index in [4.69, 9.17) is 19.2 Å². The van der Waals surface area contributed by atoms with Gasteiger partial charge in [-0.05, 0) is 85.1 Å². The summed E-state index contributed by atoms with van der Waals surface area (Å²) in [5, 5.41) is 0. The first-order valence-electron chi connectivity index (χ1n) is 13.6. The van der Waals surface area contributed by atoms with Crippen LogP contribution in [0.15, 0.2) is 53.6 Å². The minimum absolute atomic E-state index is 0. The van der Waals surface area contributed by atoms with Crippen molar-refractivity contribution in [1.82, 2.24) is 0 Å². The maximum atomic E-state index is 13.6. The first kappa shape index (κ1) is 47.6. The van der Waals surface area contributed by atoms with Crippen molar-refractivity contribution in [3.63, 3.8) is 0 Å². The molecule has 0 radical (unpaired) electrons. The zero-order valence-electron chi connectivity index (χ0n) is 25.9. The van der Waals surface area contributed by atoms with Gasteiger partial charge in [-0.2, -0.15) is 13.2 Å². The second kappa shape index (κ2) is 24.1. The van der Waals surface area contributed by atoms with E-state index in [1.165, 1.54) is 43.5 Å². The largest absolute Gasteiger partial charge is 0.412 e. The van der Waals surface area contributed by atoms with Crippen LogP contribution in [0.3, 0.4) is 0 Å². The van der Waals surface area contributed by atoms with Gasteiger partial charge in [0.25, 0.3) is 5.92 Å². The Labute approximate surface area is 261 Å². The van der Waals surface area contributed by atoms with Gasteiger partial charge in [0.2, 0.25) is 0 Å². The second-order valence-electron chi connectivity index (χ2n) is 10.6. The van der Waals surface area contributed by atoms with E-state index >= 15 is 0 Å². The second-order valence-corrected chi connectivity index (χ2v) is 10.6. The smallest absolute Gasteiger partial charge is 0.307 e. The van der Waals surface area contributed by atoms with Gasteiger partial charge in [0, 0.05) is 19.5 Å². The van der Waals surface area contributed by atoms with Crippen LogP contribution in [0.25, 0.3) is 0 Å². The summed E-state index contributed by atoms with van der Waals surface area (Å²) < 4.78 is 77.0. The molecule has 3 rings (SSSR count). The average Bonchev–Trinajstić information content (AvgIpc) is 3.22. The molecule has 0 N–H and O–H groups in total. The molecule has 0 amide bonds. The highest BCUT2D eigenvalue weighted by Gasteiger charge is 2.38. The lowest BCUT2D eigenvalue weighted by Gasteiger charge is -2.45. The summed E-state index contributed by atoms with van der Waals surface area (Å²) in [6.07, 6.45) is 7.89. The maximum Gasteiger partial charge on any atom is 0.412 e. The van der Waals surface area contributed by atoms with Crippen LogP contribution in [0.1, 0.15) is 93.1 Å². The van der Waals surface area contributed by atoms with Crippen LogP contribution in [-0.4, -0.2) is 33.3 Å². The Balaban J connectivity index is -0.000000200. The molecule has 0 unspecified atom stereocenters. The zero-order chi connectivity index (χ0) is 34.4. The number of allylic oxidation sites excluding steroid dienone is 6. The summed E-state index contributed by atoms with van der Waals surface area (Å²) in [6.45, 7) is 17.5. The maximum absolute atomic E-state index is 13.6. The summed E-state index contributed by atoms with van der Waals surface area (Å²) in [6, 6.07) is 3.78. The number of rotatable bonds is 7. The van der Waals surface area contributed by atoms with E-state index in [9.17, 15) is 26.3 Å². The first-order valence-corrected chi connectivity index (χ1v) is 13.6. The van der Waals surface area contributed by atoms with Crippen molar-refractivity contribution in [2.24, 2.45) is 17.3 Å². The Hall–Kier alpha value is -3.30. The molecule has 1 saturated carbocycles. The Morgan fingerprint density at radius 3 is 1.80 bits per heavy atom. The van der Waals surface area contributed by atoms with Crippen molar-refractivity contribution in [2.45, 2.75) is 99.1 Å². The van der Waals surface area contributed by atoms with Crippen LogP contribution < -0.4 is 0 Å². The van der Waals surface area contributed by atoms with Crippen molar-refractivity contribution in [3.05, 3.63) is 70.6 Å². The normalized spacial score (nSPS) is 16.9. The molecular weight excluding hydrogens is 586 g/mol. The van der Waals surface area contributed by atoms with Gasteiger partial charge in [-0.3, -0.25) is 0 Å². The van der Waals surface area contributed by atoms with Crippen molar-refractivity contribution in [3.8, 4) is 0 Å². The third kappa shape index (κ3) is 17.7. The fourth-order valence-corrected chi connectivity index (χ4v) is 4.54. The molecule has 1 aromatic rings. The molecule has 44 heavy (non-hydrogen) atoms. The molecule has 10 heteroatoms. The Morgan fingerprint density at radius 2 is 1.36 bits per heavy atom. The first-order chi connectivity index (χ1) is 20.2. The van der Waals surface area contributed by atoms with E-state index in [1.807, 2.05) is 34.1 Å². The van der Waals surface area contributed by atoms with Crippen molar-refractivity contribution in [1.29, 1.82) is 0 Å². The van der Waals surface area contributed by atoms with E-state index in [0.717, 1.165) is 37.3 Å². The molecule has 0 atom stereocenters. The number of carbonyl (C=O) groups excluding carboxylic acids is 4. The number of hydrogen-bond donors (Lipinski definition) is 0. The number of carbonyl (C=O) groups is 4. The van der Waals surface area contributed by atoms with Gasteiger partial charge in [0.15, 0.2) is 0 Å². The van der Waals surface area contributed by atoms with Crippen molar-refractivity contribution < 1.29 is 46.9 Å². The third-order valence-corrected chi connectivity index (χ3v) is 7.38. The van der Waals surface area contributed by atoms with E-state index in [1.54, 1.807) is 12.2 Å². The minimum Gasteiger partial charge on any atom is -0.307 e. The highest BCUT2D eigenvalue weighted by Crippen LogP contribution is 2.48. The molecule has 2 aliphatic rings. The standard InChI is InChI=1S/C19H27F3.C10H11F3.4CH2O.CH4.H2/c1-5-13-8-15(9-13)18(2,3)7-6-14-10-16(19(4,21)22)12-17(20)11-14;1-2-8-4-3-5-9(7-6-8)10(11,12)13;4*1-2;;/h10-13,15H,5-9H2,1-4H3;3-4,6-7H,2,5H2,1H3;4*1H2;1H4;1H. The predicted molar refractivity (Wildman–Crippen MR) is 168 cm³/mol. The van der Waals surface area contributed by atoms with Crippen molar-refractivity contribution >= 4 is 27.2 Å². The predicted octanol–water partition coefficient (Wildman–Crippen LogP) is 10.2. The molecule has 0 aromatic heterocycles. The molecule has 254 valence electrons. The molecule has 0 saturated heterocycles. The van der Waals surface area contributed by atoms with Crippen molar-refractivity contribution in [2.75, 3.05) is 0 Å². The summed E-state index contributed by atoms with van der Waals surface area (Å²) in [5.41, 5.74) is 1.09. The summed E-state index contributed by atoms with van der Waals surface area (Å²) in [7, 11) is 0. The number of aryl methyl sites for hydroxylation is 1. The molecule has 0 spiro atoms. The average molecular weight is 639 g/mol. The van der Waals surface area contributed by atoms with Gasteiger partial charge in [-0.15, -0.1) is 0 Å². The molecule has 1 fully saturated rings. The summed E-state index contributed by atoms with van der Waals surface area (Å²) in [4.78, 5) is 32.0. The van der Waals surface area contributed by atoms with E-state index in [0.29, 0.717) is 17.9 Å². The molecule has 1 aromatic carbocycles. The SMILES string of the molecule is C.C=O.C=O.C=O.C=O.CCC1=CC=C(C(F)(F)F)CC=C1.CCC1CC(C(C)(C)CCc2cc(F)cc(C(C)(F)F)c2)C1.[HH]. The van der Waals surface area contributed by atoms with Gasteiger partial charge in [-0.25, -0.2) is 13.2 Å². The van der Waals surface area contributed by atoms with Gasteiger partial charge in [0.05, 0.1) is 0 Å². The summed E-state index contributed by atoms with van der Waals surface area (Å²) >= 11 is 0. The van der Waals surface area contributed by atoms with Crippen LogP contribution in [-0.2, 0) is 31.5 Å². The quantitative estimate of drug-likeness (QED) is 0.279. The van der Waals surface area contributed by atoms with E-state index < -0.39 is 23.5 Å². The fourth-order valence-electron chi connectivity index (χ4n) is 4.54. The third-order valence-electron chi connectivity index (χ3n) is 7.38. The molecule has 2 aliphatic carbocycles. The Kier molecular flexibility index (Phi) is 26.1. The van der Waals surface area contributed by atoms with E-state index in [-0.39, 0.29) is 26.3 Å². The number of hydrogen-bond acceptors (Lipinski definition) is 4. The van der Waals surface area contributed by atoms with Crippen LogP contribution in [0.5, 0.6) is 0 Å². The molecule has 0 aliphatic heterocycles. The number of benzene rings is 1. The van der Waals surface area contributed by atoms with Crippen LogP contribution in [0, 0.1) is 23.1 Å². The topological polar surface area (TPSA) is 68.3 Å². The monoisotopic (exact) mass is 638 g/mol. The van der Waals surface area contributed by atoms with Gasteiger partial charge in [-0.1, -0.05) is 65.8 Å². The fraction of sp³-hybridized carbons (Fsp3) is 0.529. The van der Waals surface area contributed by atoms with Crippen LogP contribution in [0.4, 0.5) is 26.3 Å². The highest BCUT2D eigenvalue weighted by molar-refractivity contribution is 5.32. The van der Waals surface area contributed by atoms with Gasteiger partial charge >= 0.3 is 6.18 Å². The molecular formula is C34H52F6O4. The van der Waals surface area contributed by atoms with Crippen LogP contribution in [0.2, 0.25) is 0 Å². The molecule has 0 heterocycles. The van der Waals surface area contributed by atoms with Gasteiger partial charge in [0.1, 0.15) is 33.0 Å².